The lowest BCUT2D eigenvalue weighted by Crippen LogP contribution is -2.25. The van der Waals surface area contributed by atoms with Crippen molar-refractivity contribution in [2.24, 2.45) is 5.92 Å². The Bertz CT molecular complexity index is 667. The van der Waals surface area contributed by atoms with E-state index in [-0.39, 0.29) is 5.91 Å². The van der Waals surface area contributed by atoms with Crippen molar-refractivity contribution in [3.05, 3.63) is 35.0 Å². The second kappa shape index (κ2) is 4.65. The van der Waals surface area contributed by atoms with Crippen LogP contribution in [0.2, 0.25) is 0 Å². The van der Waals surface area contributed by atoms with Crippen molar-refractivity contribution >= 4 is 16.8 Å². The quantitative estimate of drug-likeness (QED) is 0.882. The number of rotatable bonds is 3. The number of aromatic amines is 1. The number of benzene rings is 1. The second-order valence-corrected chi connectivity index (χ2v) is 6.20. The zero-order chi connectivity index (χ0) is 13.5. The van der Waals surface area contributed by atoms with Crippen molar-refractivity contribution in [2.75, 3.05) is 6.54 Å². The highest BCUT2D eigenvalue weighted by Crippen LogP contribution is 2.30. The minimum atomic E-state index is 0.0737. The fourth-order valence-electron chi connectivity index (χ4n) is 3.21. The summed E-state index contributed by atoms with van der Waals surface area (Å²) in [5.41, 5.74) is 4.78. The maximum Gasteiger partial charge on any atom is 0.251 e. The van der Waals surface area contributed by atoms with E-state index in [1.807, 2.05) is 6.07 Å². The number of hydrogen-bond donors (Lipinski definition) is 2. The van der Waals surface area contributed by atoms with Crippen molar-refractivity contribution in [1.82, 2.24) is 10.3 Å². The average Bonchev–Trinajstić information content (AvgIpc) is 3.24. The normalized spacial score (nSPS) is 18.0. The Kier molecular flexibility index (Phi) is 2.79. The first-order valence-electron chi connectivity index (χ1n) is 7.73. The van der Waals surface area contributed by atoms with Crippen molar-refractivity contribution in [1.29, 1.82) is 0 Å². The molecule has 0 radical (unpaired) electrons. The zero-order valence-corrected chi connectivity index (χ0v) is 11.7. The third-order valence-corrected chi connectivity index (χ3v) is 4.61. The Morgan fingerprint density at radius 2 is 2.10 bits per heavy atom. The summed E-state index contributed by atoms with van der Waals surface area (Å²) in [4.78, 5) is 15.7. The minimum Gasteiger partial charge on any atom is -0.358 e. The Morgan fingerprint density at radius 1 is 1.25 bits per heavy atom. The number of carbonyl (C=O) groups is 1. The average molecular weight is 268 g/mol. The third kappa shape index (κ3) is 2.11. The van der Waals surface area contributed by atoms with Crippen LogP contribution in [0.3, 0.4) is 0 Å². The molecule has 4 rings (SSSR count). The van der Waals surface area contributed by atoms with Gasteiger partial charge in [-0.15, -0.1) is 0 Å². The molecule has 1 heterocycles. The van der Waals surface area contributed by atoms with Gasteiger partial charge in [0.25, 0.3) is 5.91 Å². The van der Waals surface area contributed by atoms with Crippen molar-refractivity contribution < 1.29 is 4.79 Å². The van der Waals surface area contributed by atoms with Crippen LogP contribution in [0.25, 0.3) is 10.9 Å². The summed E-state index contributed by atoms with van der Waals surface area (Å²) >= 11 is 0. The molecule has 0 unspecified atom stereocenters. The highest BCUT2D eigenvalue weighted by atomic mass is 16.1. The summed E-state index contributed by atoms with van der Waals surface area (Å²) in [7, 11) is 0. The predicted octanol–water partition coefficient (Wildman–Crippen LogP) is 3.19. The highest BCUT2D eigenvalue weighted by Gasteiger charge is 2.22. The number of H-pyrrole nitrogens is 1. The van der Waals surface area contributed by atoms with Gasteiger partial charge in [-0.1, -0.05) is 0 Å². The Morgan fingerprint density at radius 3 is 2.95 bits per heavy atom. The zero-order valence-electron chi connectivity index (χ0n) is 11.7. The number of hydrogen-bond acceptors (Lipinski definition) is 1. The predicted molar refractivity (Wildman–Crippen MR) is 80.0 cm³/mol. The molecule has 0 spiro atoms. The van der Waals surface area contributed by atoms with Crippen LogP contribution in [0, 0.1) is 5.92 Å². The number of aryl methyl sites for hydroxylation is 2. The van der Waals surface area contributed by atoms with Crippen LogP contribution in [0.15, 0.2) is 18.2 Å². The van der Waals surface area contributed by atoms with Crippen LogP contribution in [0.5, 0.6) is 0 Å². The maximum atomic E-state index is 12.2. The van der Waals surface area contributed by atoms with E-state index in [0.717, 1.165) is 30.9 Å². The molecule has 0 saturated heterocycles. The molecular weight excluding hydrogens is 248 g/mol. The van der Waals surface area contributed by atoms with Crippen molar-refractivity contribution in [3.8, 4) is 0 Å². The largest absolute Gasteiger partial charge is 0.358 e. The van der Waals surface area contributed by atoms with E-state index in [9.17, 15) is 4.79 Å². The minimum absolute atomic E-state index is 0.0737. The molecule has 1 aromatic heterocycles. The molecule has 2 aliphatic carbocycles. The van der Waals surface area contributed by atoms with E-state index in [0.29, 0.717) is 0 Å². The Balaban J connectivity index is 1.64. The first-order valence-corrected chi connectivity index (χ1v) is 7.73. The molecule has 0 aliphatic heterocycles. The van der Waals surface area contributed by atoms with E-state index < -0.39 is 0 Å². The summed E-state index contributed by atoms with van der Waals surface area (Å²) in [5, 5.41) is 4.30. The van der Waals surface area contributed by atoms with Gasteiger partial charge in [0.15, 0.2) is 0 Å². The van der Waals surface area contributed by atoms with Crippen LogP contribution in [0.4, 0.5) is 0 Å². The Labute approximate surface area is 118 Å². The number of nitrogens with one attached hydrogen (secondary N) is 2. The van der Waals surface area contributed by atoms with E-state index in [1.54, 1.807) is 0 Å². The summed E-state index contributed by atoms with van der Waals surface area (Å²) in [6.45, 7) is 0.835. The van der Waals surface area contributed by atoms with Crippen molar-refractivity contribution in [2.45, 2.75) is 38.5 Å². The molecule has 1 fully saturated rings. The summed E-state index contributed by atoms with van der Waals surface area (Å²) in [6.07, 6.45) is 7.36. The number of carbonyl (C=O) groups excluding carboxylic acids is 1. The fraction of sp³-hybridized carbons (Fsp3) is 0.471. The van der Waals surface area contributed by atoms with Gasteiger partial charge in [0.05, 0.1) is 0 Å². The lowest BCUT2D eigenvalue weighted by molar-refractivity contribution is 0.0952. The summed E-state index contributed by atoms with van der Waals surface area (Å²) < 4.78 is 0. The number of amides is 1. The van der Waals surface area contributed by atoms with E-state index in [4.69, 9.17) is 0 Å². The SMILES string of the molecule is O=C(NCC1CC1)c1ccc2[nH]c3c(c2c1)CCCC3. The molecule has 104 valence electrons. The molecule has 20 heavy (non-hydrogen) atoms. The molecule has 0 atom stereocenters. The van der Waals surface area contributed by atoms with E-state index in [2.05, 4.69) is 22.4 Å². The van der Waals surface area contributed by atoms with E-state index in [1.165, 1.54) is 47.8 Å². The topological polar surface area (TPSA) is 44.9 Å². The molecule has 2 aliphatic rings. The third-order valence-electron chi connectivity index (χ3n) is 4.61. The van der Waals surface area contributed by atoms with Gasteiger partial charge in [-0.3, -0.25) is 4.79 Å². The van der Waals surface area contributed by atoms with Crippen LogP contribution < -0.4 is 5.32 Å². The van der Waals surface area contributed by atoms with Gasteiger partial charge in [-0.2, -0.15) is 0 Å². The molecule has 2 aromatic rings. The summed E-state index contributed by atoms with van der Waals surface area (Å²) in [6, 6.07) is 6.06. The van der Waals surface area contributed by atoms with Gasteiger partial charge in [-0.25, -0.2) is 0 Å². The molecule has 1 amide bonds. The fourth-order valence-corrected chi connectivity index (χ4v) is 3.21. The smallest absolute Gasteiger partial charge is 0.251 e. The molecule has 1 saturated carbocycles. The monoisotopic (exact) mass is 268 g/mol. The van der Waals surface area contributed by atoms with Crippen LogP contribution in [-0.4, -0.2) is 17.4 Å². The van der Waals surface area contributed by atoms with Gasteiger partial charge < -0.3 is 10.3 Å². The van der Waals surface area contributed by atoms with E-state index >= 15 is 0 Å². The van der Waals surface area contributed by atoms with Gasteiger partial charge in [-0.05, 0) is 68.2 Å². The Hall–Kier alpha value is -1.77. The number of fused-ring (bicyclic) bond motifs is 3. The molecule has 3 nitrogen and oxygen atoms in total. The number of aromatic nitrogens is 1. The van der Waals surface area contributed by atoms with Crippen LogP contribution in [-0.2, 0) is 12.8 Å². The van der Waals surface area contributed by atoms with Gasteiger partial charge in [0.2, 0.25) is 0 Å². The van der Waals surface area contributed by atoms with Gasteiger partial charge in [0, 0.05) is 28.7 Å². The second-order valence-electron chi connectivity index (χ2n) is 6.20. The molecule has 3 heteroatoms. The van der Waals surface area contributed by atoms with Crippen LogP contribution in [0.1, 0.15) is 47.3 Å². The highest BCUT2D eigenvalue weighted by molar-refractivity contribution is 5.99. The van der Waals surface area contributed by atoms with Crippen LogP contribution >= 0.6 is 0 Å². The lowest BCUT2D eigenvalue weighted by atomic mass is 9.95. The van der Waals surface area contributed by atoms with Gasteiger partial charge in [0.1, 0.15) is 0 Å². The first kappa shape index (κ1) is 12.0. The molecule has 2 N–H and O–H groups in total. The lowest BCUT2D eigenvalue weighted by Gasteiger charge is -2.10. The molecule has 0 bridgehead atoms. The standard InChI is InChI=1S/C17H20N2O/c20-17(18-10-11-5-6-11)12-7-8-16-14(9-12)13-3-1-2-4-15(13)19-16/h7-9,11,19H,1-6,10H2,(H,18,20). The molecular formula is C17H20N2O. The van der Waals surface area contributed by atoms with Gasteiger partial charge >= 0.3 is 0 Å². The molecule has 1 aromatic carbocycles. The maximum absolute atomic E-state index is 12.2. The first-order chi connectivity index (χ1) is 9.81. The van der Waals surface area contributed by atoms with Crippen molar-refractivity contribution in [3.63, 3.8) is 0 Å². The summed E-state index contributed by atoms with van der Waals surface area (Å²) in [5.74, 6) is 0.798.